The Morgan fingerprint density at radius 2 is 2.08 bits per heavy atom. The van der Waals surface area contributed by atoms with Crippen LogP contribution in [0.3, 0.4) is 0 Å². The van der Waals surface area contributed by atoms with Crippen molar-refractivity contribution in [1.29, 1.82) is 4.78 Å². The molecule has 0 saturated heterocycles. The smallest absolute Gasteiger partial charge is 0.140 e. The molecule has 0 aromatic heterocycles. The normalized spacial score (nSPS) is 15.6. The molecule has 0 bridgehead atoms. The van der Waals surface area contributed by atoms with Crippen molar-refractivity contribution in [3.8, 4) is 0 Å². The van der Waals surface area contributed by atoms with Crippen LogP contribution in [0.2, 0.25) is 0 Å². The third-order valence-electron chi connectivity index (χ3n) is 1.55. The Balaban J connectivity index is 3.53. The Kier molecular flexibility index (Phi) is 2.19. The zero-order valence-electron chi connectivity index (χ0n) is 6.93. The molecule has 0 aliphatic carbocycles. The van der Waals surface area contributed by atoms with Crippen LogP contribution in [0, 0.1) is 17.5 Å². The van der Waals surface area contributed by atoms with Crippen molar-refractivity contribution in [1.82, 2.24) is 0 Å². The van der Waals surface area contributed by atoms with Crippen LogP contribution >= 0.6 is 0 Å². The summed E-state index contributed by atoms with van der Waals surface area (Å²) in [5, 5.41) is 0. The van der Waals surface area contributed by atoms with Gasteiger partial charge in [0, 0.05) is 6.26 Å². The molecule has 1 aromatic rings. The molecule has 0 fully saturated rings. The van der Waals surface area contributed by atoms with Gasteiger partial charge in [-0.1, -0.05) is 12.1 Å². The van der Waals surface area contributed by atoms with Gasteiger partial charge in [0.05, 0.1) is 14.6 Å². The second-order valence-electron chi connectivity index (χ2n) is 2.73. The minimum atomic E-state index is -2.94. The first-order valence-electron chi connectivity index (χ1n) is 3.42. The maximum atomic E-state index is 13.0. The number of halogens is 1. The molecule has 0 saturated carbocycles. The highest BCUT2D eigenvalue weighted by Crippen LogP contribution is 2.18. The Bertz CT molecular complexity index is 377. The summed E-state index contributed by atoms with van der Waals surface area (Å²) in [5.74, 6) is -0.558. The topological polar surface area (TPSA) is 40.9 Å². The third kappa shape index (κ3) is 1.64. The van der Waals surface area contributed by atoms with Gasteiger partial charge < -0.3 is 0 Å². The molecular formula is C8H10FNOS. The lowest BCUT2D eigenvalue weighted by atomic mass is 10.2. The van der Waals surface area contributed by atoms with Crippen LogP contribution in [0.15, 0.2) is 23.1 Å². The highest BCUT2D eigenvalue weighted by molar-refractivity contribution is 7.91. The van der Waals surface area contributed by atoms with Gasteiger partial charge in [-0.25, -0.2) is 13.4 Å². The molecule has 1 N–H and O–H groups in total. The van der Waals surface area contributed by atoms with Gasteiger partial charge in [-0.3, -0.25) is 0 Å². The molecule has 1 atom stereocenters. The van der Waals surface area contributed by atoms with Crippen molar-refractivity contribution in [3.05, 3.63) is 29.6 Å². The number of rotatable bonds is 1. The van der Waals surface area contributed by atoms with Crippen LogP contribution < -0.4 is 0 Å². The van der Waals surface area contributed by atoms with Crippen LogP contribution in [0.4, 0.5) is 4.39 Å². The summed E-state index contributed by atoms with van der Waals surface area (Å²) >= 11 is 0. The number of hydrogen-bond acceptors (Lipinski definition) is 2. The summed E-state index contributed by atoms with van der Waals surface area (Å²) in [5.41, 5.74) is 0.567. The van der Waals surface area contributed by atoms with Crippen LogP contribution in [-0.4, -0.2) is 10.5 Å². The fourth-order valence-corrected chi connectivity index (χ4v) is 2.23. The quantitative estimate of drug-likeness (QED) is 0.719. The predicted octanol–water partition coefficient (Wildman–Crippen LogP) is 2.17. The van der Waals surface area contributed by atoms with Crippen molar-refractivity contribution in [2.75, 3.05) is 6.26 Å². The lowest BCUT2D eigenvalue weighted by Gasteiger charge is -2.05. The summed E-state index contributed by atoms with van der Waals surface area (Å²) in [6.07, 6.45) is 1.22. The first-order valence-corrected chi connectivity index (χ1v) is 5.38. The van der Waals surface area contributed by atoms with Crippen molar-refractivity contribution in [2.24, 2.45) is 0 Å². The van der Waals surface area contributed by atoms with E-state index >= 15 is 0 Å². The van der Waals surface area contributed by atoms with E-state index in [1.165, 1.54) is 12.3 Å². The van der Waals surface area contributed by atoms with E-state index < -0.39 is 15.5 Å². The summed E-state index contributed by atoms with van der Waals surface area (Å²) in [7, 11) is -2.94. The number of aryl methyl sites for hydroxylation is 1. The second-order valence-corrected chi connectivity index (χ2v) is 4.83. The molecule has 12 heavy (non-hydrogen) atoms. The third-order valence-corrected chi connectivity index (χ3v) is 2.85. The summed E-state index contributed by atoms with van der Waals surface area (Å²) in [6.45, 7) is 1.65. The van der Waals surface area contributed by atoms with E-state index in [-0.39, 0.29) is 4.90 Å². The zero-order chi connectivity index (χ0) is 9.35. The van der Waals surface area contributed by atoms with E-state index in [1.54, 1.807) is 19.1 Å². The molecular weight excluding hydrogens is 177 g/mol. The molecule has 1 aromatic carbocycles. The van der Waals surface area contributed by atoms with Crippen LogP contribution in [0.25, 0.3) is 0 Å². The maximum Gasteiger partial charge on any atom is 0.140 e. The molecule has 0 aliphatic rings. The van der Waals surface area contributed by atoms with E-state index in [9.17, 15) is 8.60 Å². The molecule has 0 radical (unpaired) electrons. The SMILES string of the molecule is Cc1cccc(F)c1[S@@](C)(=N)=O. The van der Waals surface area contributed by atoms with E-state index in [0.717, 1.165) is 0 Å². The lowest BCUT2D eigenvalue weighted by molar-refractivity contribution is 0.591. The first kappa shape index (κ1) is 9.19. The molecule has 66 valence electrons. The molecule has 0 unspecified atom stereocenters. The molecule has 0 heterocycles. The van der Waals surface area contributed by atoms with Gasteiger partial charge in [-0.2, -0.15) is 0 Å². The minimum Gasteiger partial charge on any atom is -0.249 e. The fraction of sp³-hybridized carbons (Fsp3) is 0.250. The highest BCUT2D eigenvalue weighted by atomic mass is 32.2. The Hall–Kier alpha value is -0.900. The molecule has 0 aliphatic heterocycles. The predicted molar refractivity (Wildman–Crippen MR) is 46.2 cm³/mol. The van der Waals surface area contributed by atoms with Gasteiger partial charge in [-0.05, 0) is 18.6 Å². The average molecular weight is 187 g/mol. The number of nitrogens with one attached hydrogen (secondary N) is 1. The average Bonchev–Trinajstić information content (AvgIpc) is 1.82. The summed E-state index contributed by atoms with van der Waals surface area (Å²) in [6, 6.07) is 4.41. The molecule has 2 nitrogen and oxygen atoms in total. The largest absolute Gasteiger partial charge is 0.249 e. The highest BCUT2D eigenvalue weighted by Gasteiger charge is 2.12. The summed E-state index contributed by atoms with van der Waals surface area (Å²) < 4.78 is 31.5. The monoisotopic (exact) mass is 187 g/mol. The van der Waals surface area contributed by atoms with E-state index in [0.29, 0.717) is 5.56 Å². The number of benzene rings is 1. The van der Waals surface area contributed by atoms with Crippen LogP contribution in [0.5, 0.6) is 0 Å². The van der Waals surface area contributed by atoms with Gasteiger partial charge in [0.2, 0.25) is 0 Å². The standard InChI is InChI=1S/C8H10FNOS/c1-6-4-3-5-7(9)8(6)12(2,10)11/h3-5,10H,1-2H3/t12-/m0/s1. The Morgan fingerprint density at radius 3 is 2.42 bits per heavy atom. The maximum absolute atomic E-state index is 13.0. The zero-order valence-corrected chi connectivity index (χ0v) is 7.74. The van der Waals surface area contributed by atoms with Gasteiger partial charge in [0.25, 0.3) is 0 Å². The molecule has 0 amide bonds. The fourth-order valence-electron chi connectivity index (χ4n) is 1.11. The van der Waals surface area contributed by atoms with Gasteiger partial charge in [0.1, 0.15) is 5.82 Å². The minimum absolute atomic E-state index is 0.0185. The van der Waals surface area contributed by atoms with E-state index in [1.807, 2.05) is 0 Å². The first-order chi connectivity index (χ1) is 5.43. The second kappa shape index (κ2) is 2.86. The molecule has 4 heteroatoms. The van der Waals surface area contributed by atoms with Crippen molar-refractivity contribution in [2.45, 2.75) is 11.8 Å². The molecule has 0 spiro atoms. The van der Waals surface area contributed by atoms with Crippen LogP contribution in [0.1, 0.15) is 5.56 Å². The van der Waals surface area contributed by atoms with Crippen molar-refractivity contribution >= 4 is 9.73 Å². The van der Waals surface area contributed by atoms with Crippen molar-refractivity contribution in [3.63, 3.8) is 0 Å². The Labute approximate surface area is 71.4 Å². The van der Waals surface area contributed by atoms with E-state index in [2.05, 4.69) is 0 Å². The van der Waals surface area contributed by atoms with E-state index in [4.69, 9.17) is 4.78 Å². The van der Waals surface area contributed by atoms with Gasteiger partial charge in [-0.15, -0.1) is 0 Å². The lowest BCUT2D eigenvalue weighted by Crippen LogP contribution is -2.01. The summed E-state index contributed by atoms with van der Waals surface area (Å²) in [4.78, 5) is 0.0185. The Morgan fingerprint density at radius 1 is 1.50 bits per heavy atom. The van der Waals surface area contributed by atoms with Crippen molar-refractivity contribution < 1.29 is 8.60 Å². The number of hydrogen-bond donors (Lipinski definition) is 1. The van der Waals surface area contributed by atoms with Crippen LogP contribution in [-0.2, 0) is 9.73 Å². The molecule has 1 rings (SSSR count). The van der Waals surface area contributed by atoms with Gasteiger partial charge >= 0.3 is 0 Å². The van der Waals surface area contributed by atoms with Gasteiger partial charge in [0.15, 0.2) is 0 Å².